The van der Waals surface area contributed by atoms with Crippen molar-refractivity contribution in [2.75, 3.05) is 0 Å². The Morgan fingerprint density at radius 2 is 1.88 bits per heavy atom. The van der Waals surface area contributed by atoms with Gasteiger partial charge in [-0.3, -0.25) is 0 Å². The topological polar surface area (TPSA) is 26.0 Å². The molecule has 1 nitrogen and oxygen atoms in total. The van der Waals surface area contributed by atoms with Gasteiger partial charge >= 0.3 is 0 Å². The predicted octanol–water partition coefficient (Wildman–Crippen LogP) is 3.89. The van der Waals surface area contributed by atoms with Gasteiger partial charge in [-0.05, 0) is 36.6 Å². The molecule has 0 spiro atoms. The van der Waals surface area contributed by atoms with Crippen LogP contribution in [0.3, 0.4) is 0 Å². The van der Waals surface area contributed by atoms with Crippen molar-refractivity contribution in [2.45, 2.75) is 19.4 Å². The quantitative estimate of drug-likeness (QED) is 0.872. The van der Waals surface area contributed by atoms with Crippen molar-refractivity contribution in [3.8, 4) is 0 Å². The largest absolute Gasteiger partial charge is 0.324 e. The predicted molar refractivity (Wildman–Crippen MR) is 73.3 cm³/mol. The van der Waals surface area contributed by atoms with Crippen molar-refractivity contribution in [3.05, 3.63) is 70.2 Å². The molecule has 1 atom stereocenters. The van der Waals surface area contributed by atoms with Crippen LogP contribution in [0.1, 0.15) is 22.7 Å². The van der Waals surface area contributed by atoms with Crippen LogP contribution >= 0.6 is 11.6 Å². The summed E-state index contributed by atoms with van der Waals surface area (Å²) in [6.45, 7) is 2.09. The van der Waals surface area contributed by atoms with Gasteiger partial charge in [-0.2, -0.15) is 0 Å². The van der Waals surface area contributed by atoms with Crippen LogP contribution in [0.15, 0.2) is 48.5 Å². The lowest BCUT2D eigenvalue weighted by molar-refractivity contribution is 0.721. The number of nitrogens with two attached hydrogens (primary N) is 1. The normalized spacial score (nSPS) is 12.4. The van der Waals surface area contributed by atoms with Crippen LogP contribution in [0.2, 0.25) is 5.02 Å². The molecular formula is C15H16ClN. The van der Waals surface area contributed by atoms with E-state index in [-0.39, 0.29) is 6.04 Å². The SMILES string of the molecule is Cc1cccc(C[C@@H](N)c2cccc(Cl)c2)c1. The van der Waals surface area contributed by atoms with Gasteiger partial charge in [-0.15, -0.1) is 0 Å². The van der Waals surface area contributed by atoms with Gasteiger partial charge in [0.1, 0.15) is 0 Å². The second-order valence-electron chi connectivity index (χ2n) is 4.35. The summed E-state index contributed by atoms with van der Waals surface area (Å²) in [5, 5.41) is 0.738. The third-order valence-electron chi connectivity index (χ3n) is 2.81. The first-order chi connectivity index (χ1) is 8.15. The molecule has 0 aromatic heterocycles. The molecule has 0 fully saturated rings. The van der Waals surface area contributed by atoms with Crippen LogP contribution in [0.25, 0.3) is 0 Å². The first-order valence-corrected chi connectivity index (χ1v) is 6.09. The Hall–Kier alpha value is -1.31. The van der Waals surface area contributed by atoms with Crippen molar-refractivity contribution < 1.29 is 0 Å². The lowest BCUT2D eigenvalue weighted by Gasteiger charge is -2.12. The lowest BCUT2D eigenvalue weighted by Crippen LogP contribution is -2.13. The lowest BCUT2D eigenvalue weighted by atomic mass is 9.99. The maximum Gasteiger partial charge on any atom is 0.0409 e. The Labute approximate surface area is 107 Å². The highest BCUT2D eigenvalue weighted by Gasteiger charge is 2.07. The van der Waals surface area contributed by atoms with Crippen LogP contribution in [-0.2, 0) is 6.42 Å². The Morgan fingerprint density at radius 3 is 2.59 bits per heavy atom. The standard InChI is InChI=1S/C15H16ClN/c1-11-4-2-5-12(8-11)9-15(17)13-6-3-7-14(16)10-13/h2-8,10,15H,9,17H2,1H3/t15-/m1/s1. The molecule has 0 aliphatic carbocycles. The minimum absolute atomic E-state index is 0.00417. The minimum Gasteiger partial charge on any atom is -0.324 e. The first kappa shape index (κ1) is 12.2. The van der Waals surface area contributed by atoms with Crippen LogP contribution < -0.4 is 5.73 Å². The summed E-state index contributed by atoms with van der Waals surface area (Å²) < 4.78 is 0. The number of benzene rings is 2. The second kappa shape index (κ2) is 5.35. The van der Waals surface area contributed by atoms with Crippen molar-refractivity contribution >= 4 is 11.6 Å². The van der Waals surface area contributed by atoms with E-state index in [1.807, 2.05) is 24.3 Å². The number of hydrogen-bond donors (Lipinski definition) is 1. The van der Waals surface area contributed by atoms with Crippen LogP contribution in [0.4, 0.5) is 0 Å². The third-order valence-corrected chi connectivity index (χ3v) is 3.05. The summed E-state index contributed by atoms with van der Waals surface area (Å²) in [5.41, 5.74) is 9.80. The van der Waals surface area contributed by atoms with E-state index in [4.69, 9.17) is 17.3 Å². The highest BCUT2D eigenvalue weighted by Crippen LogP contribution is 2.19. The second-order valence-corrected chi connectivity index (χ2v) is 4.79. The minimum atomic E-state index is -0.00417. The van der Waals surface area contributed by atoms with Gasteiger partial charge < -0.3 is 5.73 Å². The average molecular weight is 246 g/mol. The van der Waals surface area contributed by atoms with E-state index >= 15 is 0 Å². The van der Waals surface area contributed by atoms with E-state index in [0.29, 0.717) is 0 Å². The van der Waals surface area contributed by atoms with Crippen LogP contribution in [-0.4, -0.2) is 0 Å². The summed E-state index contributed by atoms with van der Waals surface area (Å²) in [7, 11) is 0. The Morgan fingerprint density at radius 1 is 1.12 bits per heavy atom. The molecule has 0 heterocycles. The van der Waals surface area contributed by atoms with Gasteiger partial charge in [-0.1, -0.05) is 53.6 Å². The van der Waals surface area contributed by atoms with Gasteiger partial charge in [-0.25, -0.2) is 0 Å². The van der Waals surface area contributed by atoms with E-state index in [1.54, 1.807) is 0 Å². The van der Waals surface area contributed by atoms with E-state index in [2.05, 4.69) is 31.2 Å². The van der Waals surface area contributed by atoms with Gasteiger partial charge in [0.15, 0.2) is 0 Å². The monoisotopic (exact) mass is 245 g/mol. The fraction of sp³-hybridized carbons (Fsp3) is 0.200. The Balaban J connectivity index is 2.14. The van der Waals surface area contributed by atoms with Gasteiger partial charge in [0.2, 0.25) is 0 Å². The molecule has 0 aliphatic heterocycles. The fourth-order valence-electron chi connectivity index (χ4n) is 1.95. The molecule has 2 N–H and O–H groups in total. The fourth-order valence-corrected chi connectivity index (χ4v) is 2.15. The molecule has 2 aromatic rings. The molecule has 0 saturated carbocycles. The zero-order chi connectivity index (χ0) is 12.3. The summed E-state index contributed by atoms with van der Waals surface area (Å²) >= 11 is 5.96. The maximum absolute atomic E-state index is 6.19. The molecule has 2 heteroatoms. The van der Waals surface area contributed by atoms with Gasteiger partial charge in [0.05, 0.1) is 0 Å². The van der Waals surface area contributed by atoms with Gasteiger partial charge in [0.25, 0.3) is 0 Å². The van der Waals surface area contributed by atoms with E-state index in [0.717, 1.165) is 17.0 Å². The molecule has 0 bridgehead atoms. The average Bonchev–Trinajstić information content (AvgIpc) is 2.29. The van der Waals surface area contributed by atoms with Crippen molar-refractivity contribution in [1.82, 2.24) is 0 Å². The smallest absolute Gasteiger partial charge is 0.0409 e. The molecule has 2 aromatic carbocycles. The van der Waals surface area contributed by atoms with E-state index in [9.17, 15) is 0 Å². The summed E-state index contributed by atoms with van der Waals surface area (Å²) in [6, 6.07) is 16.2. The summed E-state index contributed by atoms with van der Waals surface area (Å²) in [6.07, 6.45) is 0.835. The molecular weight excluding hydrogens is 230 g/mol. The number of rotatable bonds is 3. The van der Waals surface area contributed by atoms with Crippen molar-refractivity contribution in [1.29, 1.82) is 0 Å². The molecule has 2 rings (SSSR count). The summed E-state index contributed by atoms with van der Waals surface area (Å²) in [4.78, 5) is 0. The Bertz CT molecular complexity index is 508. The van der Waals surface area contributed by atoms with E-state index in [1.165, 1.54) is 11.1 Å². The Kier molecular flexibility index (Phi) is 3.82. The highest BCUT2D eigenvalue weighted by atomic mass is 35.5. The number of halogens is 1. The zero-order valence-electron chi connectivity index (χ0n) is 9.86. The zero-order valence-corrected chi connectivity index (χ0v) is 10.6. The summed E-state index contributed by atoms with van der Waals surface area (Å²) in [5.74, 6) is 0. The number of aryl methyl sites for hydroxylation is 1. The molecule has 0 amide bonds. The maximum atomic E-state index is 6.19. The first-order valence-electron chi connectivity index (χ1n) is 5.72. The number of hydrogen-bond acceptors (Lipinski definition) is 1. The molecule has 88 valence electrons. The van der Waals surface area contributed by atoms with Crippen molar-refractivity contribution in [2.24, 2.45) is 5.73 Å². The molecule has 0 saturated heterocycles. The highest BCUT2D eigenvalue weighted by molar-refractivity contribution is 6.30. The van der Waals surface area contributed by atoms with Crippen molar-refractivity contribution in [3.63, 3.8) is 0 Å². The third kappa shape index (κ3) is 3.32. The van der Waals surface area contributed by atoms with E-state index < -0.39 is 0 Å². The molecule has 0 radical (unpaired) electrons. The van der Waals surface area contributed by atoms with Crippen LogP contribution in [0, 0.1) is 6.92 Å². The van der Waals surface area contributed by atoms with Gasteiger partial charge in [0, 0.05) is 11.1 Å². The van der Waals surface area contributed by atoms with Crippen LogP contribution in [0.5, 0.6) is 0 Å². The molecule has 0 unspecified atom stereocenters. The molecule has 0 aliphatic rings. The molecule has 17 heavy (non-hydrogen) atoms.